The van der Waals surface area contributed by atoms with Crippen LogP contribution in [0, 0.1) is 5.92 Å². The van der Waals surface area contributed by atoms with Crippen molar-refractivity contribution in [3.8, 4) is 0 Å². The highest BCUT2D eigenvalue weighted by molar-refractivity contribution is 7.99. The molecule has 0 spiro atoms. The summed E-state index contributed by atoms with van der Waals surface area (Å²) in [5.74, 6) is 1.11. The predicted octanol–water partition coefficient (Wildman–Crippen LogP) is 3.18. The second-order valence-corrected chi connectivity index (χ2v) is 7.42. The number of benzene rings is 1. The maximum Gasteiger partial charge on any atom is 0.305 e. The maximum atomic E-state index is 12.4. The lowest BCUT2D eigenvalue weighted by Crippen LogP contribution is -2.36. The van der Waals surface area contributed by atoms with Gasteiger partial charge in [-0.2, -0.15) is 11.8 Å². The molecule has 0 saturated carbocycles. The Kier molecular flexibility index (Phi) is 6.64. The van der Waals surface area contributed by atoms with E-state index in [0.717, 1.165) is 34.8 Å². The van der Waals surface area contributed by atoms with Crippen LogP contribution >= 0.6 is 23.5 Å². The van der Waals surface area contributed by atoms with Gasteiger partial charge < -0.3 is 10.4 Å². The molecule has 1 aliphatic heterocycles. The van der Waals surface area contributed by atoms with Crippen LogP contribution in [-0.4, -0.2) is 34.7 Å². The Balaban J connectivity index is 2.07. The average molecular weight is 339 g/mol. The second-order valence-electron chi connectivity index (χ2n) is 5.32. The monoisotopic (exact) mass is 339 g/mol. The van der Waals surface area contributed by atoms with E-state index in [0.29, 0.717) is 0 Å². The fourth-order valence-electron chi connectivity index (χ4n) is 2.51. The zero-order valence-electron chi connectivity index (χ0n) is 12.6. The van der Waals surface area contributed by atoms with Crippen molar-refractivity contribution in [2.75, 3.05) is 17.8 Å². The van der Waals surface area contributed by atoms with Gasteiger partial charge in [-0.05, 0) is 48.3 Å². The molecule has 2 N–H and O–H groups in total. The van der Waals surface area contributed by atoms with E-state index in [4.69, 9.17) is 5.11 Å². The Labute approximate surface area is 139 Å². The van der Waals surface area contributed by atoms with Crippen LogP contribution < -0.4 is 5.32 Å². The van der Waals surface area contributed by atoms with E-state index in [-0.39, 0.29) is 18.2 Å². The quantitative estimate of drug-likeness (QED) is 0.779. The fourth-order valence-corrected chi connectivity index (χ4v) is 4.03. The van der Waals surface area contributed by atoms with Crippen molar-refractivity contribution < 1.29 is 14.7 Å². The van der Waals surface area contributed by atoms with Crippen molar-refractivity contribution >= 4 is 35.4 Å². The molecule has 22 heavy (non-hydrogen) atoms. The van der Waals surface area contributed by atoms with E-state index in [1.807, 2.05) is 42.3 Å². The van der Waals surface area contributed by atoms with Gasteiger partial charge in [0.1, 0.15) is 0 Å². The molecule has 0 radical (unpaired) electrons. The minimum Gasteiger partial charge on any atom is -0.481 e. The maximum absolute atomic E-state index is 12.4. The molecule has 1 unspecified atom stereocenters. The number of carboxylic acids is 1. The molecule has 1 fully saturated rings. The molecular weight excluding hydrogens is 318 g/mol. The number of thioether (sulfide) groups is 2. The molecular formula is C16H21NO3S2. The van der Waals surface area contributed by atoms with Crippen LogP contribution in [0.2, 0.25) is 0 Å². The van der Waals surface area contributed by atoms with Gasteiger partial charge in [0.2, 0.25) is 5.91 Å². The third-order valence-electron chi connectivity index (χ3n) is 3.81. The van der Waals surface area contributed by atoms with Gasteiger partial charge in [0.05, 0.1) is 12.5 Å². The first-order valence-corrected chi connectivity index (χ1v) is 9.72. The summed E-state index contributed by atoms with van der Waals surface area (Å²) in [6, 6.07) is 7.25. The Morgan fingerprint density at radius 3 is 2.50 bits per heavy atom. The first kappa shape index (κ1) is 17.2. The number of carbonyl (C=O) groups is 2. The summed E-state index contributed by atoms with van der Waals surface area (Å²) in [4.78, 5) is 24.6. The number of rotatable bonds is 6. The summed E-state index contributed by atoms with van der Waals surface area (Å²) < 4.78 is 0. The van der Waals surface area contributed by atoms with Gasteiger partial charge in [0.25, 0.3) is 0 Å². The number of carbonyl (C=O) groups excluding carboxylic acids is 1. The van der Waals surface area contributed by atoms with Gasteiger partial charge in [-0.3, -0.25) is 9.59 Å². The molecule has 1 aromatic rings. The largest absolute Gasteiger partial charge is 0.481 e. The summed E-state index contributed by atoms with van der Waals surface area (Å²) in [5.41, 5.74) is 0.846. The van der Waals surface area contributed by atoms with Crippen molar-refractivity contribution in [3.05, 3.63) is 29.8 Å². The highest BCUT2D eigenvalue weighted by atomic mass is 32.2. The van der Waals surface area contributed by atoms with E-state index in [9.17, 15) is 9.59 Å². The lowest BCUT2D eigenvalue weighted by Gasteiger charge is -2.24. The minimum atomic E-state index is -0.904. The molecule has 0 aromatic heterocycles. The lowest BCUT2D eigenvalue weighted by atomic mass is 9.99. The lowest BCUT2D eigenvalue weighted by molar-refractivity contribution is -0.138. The number of amides is 1. The van der Waals surface area contributed by atoms with Crippen LogP contribution in [0.1, 0.15) is 30.9 Å². The second kappa shape index (κ2) is 8.48. The Hall–Kier alpha value is -1.14. The van der Waals surface area contributed by atoms with Gasteiger partial charge in [0, 0.05) is 10.8 Å². The van der Waals surface area contributed by atoms with Crippen LogP contribution in [0.3, 0.4) is 0 Å². The van der Waals surface area contributed by atoms with Crippen molar-refractivity contribution in [1.29, 1.82) is 0 Å². The Morgan fingerprint density at radius 2 is 1.95 bits per heavy atom. The third kappa shape index (κ3) is 4.95. The van der Waals surface area contributed by atoms with Gasteiger partial charge in [-0.15, -0.1) is 11.8 Å². The highest BCUT2D eigenvalue weighted by Crippen LogP contribution is 2.25. The van der Waals surface area contributed by atoms with Gasteiger partial charge in [-0.25, -0.2) is 0 Å². The summed E-state index contributed by atoms with van der Waals surface area (Å²) in [6.07, 6.45) is 3.65. The van der Waals surface area contributed by atoms with Crippen LogP contribution in [0.25, 0.3) is 0 Å². The normalized spacial score (nSPS) is 17.0. The Bertz CT molecular complexity index is 513. The SMILES string of the molecule is CSc1ccc(C(CC(=O)O)NC(=O)C2CCSCC2)cc1. The molecule has 1 saturated heterocycles. The molecule has 1 aromatic carbocycles. The molecule has 6 heteroatoms. The number of hydrogen-bond donors (Lipinski definition) is 2. The van der Waals surface area contributed by atoms with Crippen molar-refractivity contribution in [2.45, 2.75) is 30.2 Å². The zero-order chi connectivity index (χ0) is 15.9. The van der Waals surface area contributed by atoms with E-state index in [1.54, 1.807) is 11.8 Å². The average Bonchev–Trinajstić information content (AvgIpc) is 2.54. The summed E-state index contributed by atoms with van der Waals surface area (Å²) in [7, 11) is 0. The first-order chi connectivity index (χ1) is 10.6. The topological polar surface area (TPSA) is 66.4 Å². The molecule has 1 heterocycles. The van der Waals surface area contributed by atoms with Crippen LogP contribution in [-0.2, 0) is 9.59 Å². The molecule has 1 aliphatic rings. The molecule has 4 nitrogen and oxygen atoms in total. The number of hydrogen-bond acceptors (Lipinski definition) is 4. The number of carboxylic acid groups (broad SMARTS) is 1. The summed E-state index contributed by atoms with van der Waals surface area (Å²) in [5, 5.41) is 12.0. The molecule has 2 rings (SSSR count). The standard InChI is InChI=1S/C16H21NO3S2/c1-21-13-4-2-11(3-5-13)14(10-15(18)19)17-16(20)12-6-8-22-9-7-12/h2-5,12,14H,6-10H2,1H3,(H,17,20)(H,18,19). The molecule has 1 amide bonds. The van der Waals surface area contributed by atoms with Crippen molar-refractivity contribution in [3.63, 3.8) is 0 Å². The summed E-state index contributed by atoms with van der Waals surface area (Å²) >= 11 is 3.50. The van der Waals surface area contributed by atoms with Gasteiger partial charge in [0.15, 0.2) is 0 Å². The molecule has 0 aliphatic carbocycles. The van der Waals surface area contributed by atoms with Crippen molar-refractivity contribution in [2.24, 2.45) is 5.92 Å². The smallest absolute Gasteiger partial charge is 0.305 e. The van der Waals surface area contributed by atoms with E-state index >= 15 is 0 Å². The summed E-state index contributed by atoms with van der Waals surface area (Å²) in [6.45, 7) is 0. The molecule has 120 valence electrons. The third-order valence-corrected chi connectivity index (χ3v) is 5.60. The molecule has 0 bridgehead atoms. The minimum absolute atomic E-state index is 0.0134. The fraction of sp³-hybridized carbons (Fsp3) is 0.500. The highest BCUT2D eigenvalue weighted by Gasteiger charge is 2.25. The predicted molar refractivity (Wildman–Crippen MR) is 91.4 cm³/mol. The van der Waals surface area contributed by atoms with Crippen LogP contribution in [0.15, 0.2) is 29.2 Å². The van der Waals surface area contributed by atoms with E-state index in [1.165, 1.54) is 0 Å². The van der Waals surface area contributed by atoms with E-state index < -0.39 is 12.0 Å². The van der Waals surface area contributed by atoms with Gasteiger partial charge in [-0.1, -0.05) is 12.1 Å². The van der Waals surface area contributed by atoms with Crippen molar-refractivity contribution in [1.82, 2.24) is 5.32 Å². The van der Waals surface area contributed by atoms with Gasteiger partial charge >= 0.3 is 5.97 Å². The molecule has 1 atom stereocenters. The number of aliphatic carboxylic acids is 1. The van der Waals surface area contributed by atoms with Crippen LogP contribution in [0.4, 0.5) is 0 Å². The first-order valence-electron chi connectivity index (χ1n) is 7.34. The van der Waals surface area contributed by atoms with Crippen LogP contribution in [0.5, 0.6) is 0 Å². The van der Waals surface area contributed by atoms with E-state index in [2.05, 4.69) is 5.32 Å². The number of nitrogens with one attached hydrogen (secondary N) is 1. The zero-order valence-corrected chi connectivity index (χ0v) is 14.2. The Morgan fingerprint density at radius 1 is 1.32 bits per heavy atom.